The highest BCUT2D eigenvalue weighted by molar-refractivity contribution is 5.73. The lowest BCUT2D eigenvalue weighted by Gasteiger charge is -2.17. The molecule has 120 valence electrons. The first-order valence-corrected chi connectivity index (χ1v) is 7.89. The molecule has 0 aromatic heterocycles. The van der Waals surface area contributed by atoms with Gasteiger partial charge in [0.15, 0.2) is 0 Å². The van der Waals surface area contributed by atoms with Crippen LogP contribution in [0.1, 0.15) is 39.0 Å². The molecule has 0 aromatic rings. The summed E-state index contributed by atoms with van der Waals surface area (Å²) in [7, 11) is 0. The quantitative estimate of drug-likeness (QED) is 0.506. The highest BCUT2D eigenvalue weighted by Crippen LogP contribution is 2.39. The highest BCUT2D eigenvalue weighted by atomic mass is 16.5. The van der Waals surface area contributed by atoms with Crippen LogP contribution >= 0.6 is 0 Å². The Hall–Kier alpha value is -1.14. The van der Waals surface area contributed by atoms with Crippen LogP contribution in [0.3, 0.4) is 0 Å². The van der Waals surface area contributed by atoms with Crippen LogP contribution in [0.4, 0.5) is 0 Å². The van der Waals surface area contributed by atoms with Gasteiger partial charge in [-0.25, -0.2) is 0 Å². The average molecular weight is 299 g/mol. The van der Waals surface area contributed by atoms with Gasteiger partial charge in [-0.05, 0) is 39.2 Å². The number of carbonyl (C=O) groups excluding carboxylic acids is 2. The van der Waals surface area contributed by atoms with E-state index >= 15 is 0 Å². The van der Waals surface area contributed by atoms with E-state index in [1.165, 1.54) is 0 Å². The minimum absolute atomic E-state index is 0.0624. The van der Waals surface area contributed by atoms with Crippen molar-refractivity contribution in [1.82, 2.24) is 5.32 Å². The van der Waals surface area contributed by atoms with E-state index in [1.807, 2.05) is 0 Å². The van der Waals surface area contributed by atoms with Crippen LogP contribution in [0.2, 0.25) is 0 Å². The van der Waals surface area contributed by atoms with Crippen LogP contribution in [0.15, 0.2) is 0 Å². The number of carbonyl (C=O) groups is 2. The zero-order valence-corrected chi connectivity index (χ0v) is 12.6. The van der Waals surface area contributed by atoms with E-state index in [0.29, 0.717) is 32.7 Å². The normalized spacial score (nSPS) is 26.8. The van der Waals surface area contributed by atoms with Crippen LogP contribution in [0.5, 0.6) is 0 Å². The third-order valence-corrected chi connectivity index (χ3v) is 3.97. The standard InChI is InChI=1S/C15H25NO5/c1-2-19-14(17)4-3-7-16-8-9-20-15(18)12-10-11-5-6-13(12)21-11/h11-13,16H,2-10H2,1H3. The van der Waals surface area contributed by atoms with Gasteiger partial charge in [0.05, 0.1) is 24.7 Å². The molecular weight excluding hydrogens is 274 g/mol. The van der Waals surface area contributed by atoms with Gasteiger partial charge in [0.1, 0.15) is 6.61 Å². The van der Waals surface area contributed by atoms with Gasteiger partial charge in [-0.15, -0.1) is 0 Å². The van der Waals surface area contributed by atoms with Gasteiger partial charge in [-0.2, -0.15) is 0 Å². The lowest BCUT2D eigenvalue weighted by atomic mass is 9.89. The summed E-state index contributed by atoms with van der Waals surface area (Å²) in [6.45, 7) is 3.91. The number of esters is 2. The Balaban J connectivity index is 1.45. The lowest BCUT2D eigenvalue weighted by molar-refractivity contribution is -0.150. The molecular formula is C15H25NO5. The summed E-state index contributed by atoms with van der Waals surface area (Å²) in [5, 5.41) is 3.15. The summed E-state index contributed by atoms with van der Waals surface area (Å²) in [5.74, 6) is -0.356. The first kappa shape index (κ1) is 16.2. The molecule has 0 radical (unpaired) electrons. The third kappa shape index (κ3) is 4.97. The molecule has 0 saturated carbocycles. The van der Waals surface area contributed by atoms with E-state index in [2.05, 4.69) is 5.32 Å². The van der Waals surface area contributed by atoms with E-state index in [0.717, 1.165) is 25.7 Å². The van der Waals surface area contributed by atoms with Gasteiger partial charge in [0.2, 0.25) is 0 Å². The Morgan fingerprint density at radius 2 is 2.10 bits per heavy atom. The van der Waals surface area contributed by atoms with Gasteiger partial charge in [0, 0.05) is 13.0 Å². The predicted molar refractivity (Wildman–Crippen MR) is 75.7 cm³/mol. The first-order chi connectivity index (χ1) is 10.2. The Morgan fingerprint density at radius 3 is 2.76 bits per heavy atom. The average Bonchev–Trinajstić information content (AvgIpc) is 3.09. The molecule has 3 unspecified atom stereocenters. The Labute approximate surface area is 125 Å². The summed E-state index contributed by atoms with van der Waals surface area (Å²) in [6.07, 6.45) is 4.38. The second-order valence-electron chi connectivity index (χ2n) is 5.54. The molecule has 6 nitrogen and oxygen atoms in total. The topological polar surface area (TPSA) is 73.9 Å². The van der Waals surface area contributed by atoms with E-state index in [-0.39, 0.29) is 30.1 Å². The van der Waals surface area contributed by atoms with E-state index in [4.69, 9.17) is 14.2 Å². The number of fused-ring (bicyclic) bond motifs is 2. The predicted octanol–water partition coefficient (Wildman–Crippen LogP) is 1.03. The Morgan fingerprint density at radius 1 is 1.24 bits per heavy atom. The van der Waals surface area contributed by atoms with Crippen molar-refractivity contribution < 1.29 is 23.8 Å². The van der Waals surface area contributed by atoms with Crippen molar-refractivity contribution in [3.05, 3.63) is 0 Å². The molecule has 0 spiro atoms. The van der Waals surface area contributed by atoms with Gasteiger partial charge in [-0.3, -0.25) is 9.59 Å². The summed E-state index contributed by atoms with van der Waals surface area (Å²) < 4.78 is 15.8. The van der Waals surface area contributed by atoms with Crippen LogP contribution < -0.4 is 5.32 Å². The second-order valence-corrected chi connectivity index (χ2v) is 5.54. The number of rotatable bonds is 9. The molecule has 2 heterocycles. The van der Waals surface area contributed by atoms with Crippen molar-refractivity contribution >= 4 is 11.9 Å². The Kier molecular flexibility index (Phi) is 6.45. The van der Waals surface area contributed by atoms with Crippen LogP contribution in [-0.2, 0) is 23.8 Å². The van der Waals surface area contributed by atoms with Crippen molar-refractivity contribution in [2.24, 2.45) is 5.92 Å². The summed E-state index contributed by atoms with van der Waals surface area (Å²) >= 11 is 0. The molecule has 0 amide bonds. The number of hydrogen-bond acceptors (Lipinski definition) is 6. The number of hydrogen-bond donors (Lipinski definition) is 1. The first-order valence-electron chi connectivity index (χ1n) is 7.89. The molecule has 2 fully saturated rings. The molecule has 0 aromatic carbocycles. The van der Waals surface area contributed by atoms with Crippen LogP contribution in [0.25, 0.3) is 0 Å². The molecule has 6 heteroatoms. The van der Waals surface area contributed by atoms with E-state index < -0.39 is 0 Å². The molecule has 2 saturated heterocycles. The minimum atomic E-state index is -0.165. The lowest BCUT2D eigenvalue weighted by Crippen LogP contribution is -2.30. The van der Waals surface area contributed by atoms with E-state index in [9.17, 15) is 9.59 Å². The van der Waals surface area contributed by atoms with Crippen molar-refractivity contribution in [2.75, 3.05) is 26.3 Å². The fraction of sp³-hybridized carbons (Fsp3) is 0.867. The largest absolute Gasteiger partial charge is 0.466 e. The monoisotopic (exact) mass is 299 g/mol. The summed E-state index contributed by atoms with van der Waals surface area (Å²) in [4.78, 5) is 23.0. The van der Waals surface area contributed by atoms with Gasteiger partial charge in [0.25, 0.3) is 0 Å². The van der Waals surface area contributed by atoms with Crippen molar-refractivity contribution in [1.29, 1.82) is 0 Å². The summed E-state index contributed by atoms with van der Waals surface area (Å²) in [6, 6.07) is 0. The maximum absolute atomic E-state index is 11.9. The van der Waals surface area contributed by atoms with Crippen molar-refractivity contribution in [3.8, 4) is 0 Å². The maximum atomic E-state index is 11.9. The smallest absolute Gasteiger partial charge is 0.311 e. The summed E-state index contributed by atoms with van der Waals surface area (Å²) in [5.41, 5.74) is 0. The minimum Gasteiger partial charge on any atom is -0.466 e. The highest BCUT2D eigenvalue weighted by Gasteiger charge is 2.45. The molecule has 2 bridgehead atoms. The van der Waals surface area contributed by atoms with Gasteiger partial charge in [-0.1, -0.05) is 0 Å². The zero-order chi connectivity index (χ0) is 15.1. The molecule has 2 aliphatic heterocycles. The third-order valence-electron chi connectivity index (χ3n) is 3.97. The SMILES string of the molecule is CCOC(=O)CCCNCCOC(=O)C1CC2CCC1O2. The van der Waals surface area contributed by atoms with Crippen molar-refractivity contribution in [3.63, 3.8) is 0 Å². The van der Waals surface area contributed by atoms with Gasteiger partial charge < -0.3 is 19.5 Å². The molecule has 3 atom stereocenters. The number of nitrogens with one attached hydrogen (secondary N) is 1. The molecule has 2 aliphatic rings. The van der Waals surface area contributed by atoms with Gasteiger partial charge >= 0.3 is 11.9 Å². The molecule has 1 N–H and O–H groups in total. The number of ether oxygens (including phenoxy) is 3. The van der Waals surface area contributed by atoms with Crippen LogP contribution in [0, 0.1) is 5.92 Å². The zero-order valence-electron chi connectivity index (χ0n) is 12.6. The maximum Gasteiger partial charge on any atom is 0.311 e. The molecule has 0 aliphatic carbocycles. The fourth-order valence-electron chi connectivity index (χ4n) is 2.93. The molecule has 2 rings (SSSR count). The van der Waals surface area contributed by atoms with Crippen LogP contribution in [-0.4, -0.2) is 50.4 Å². The van der Waals surface area contributed by atoms with E-state index in [1.54, 1.807) is 6.92 Å². The fourth-order valence-corrected chi connectivity index (χ4v) is 2.93. The molecule has 21 heavy (non-hydrogen) atoms. The van der Waals surface area contributed by atoms with Crippen molar-refractivity contribution in [2.45, 2.75) is 51.2 Å². The Bertz CT molecular complexity index is 360. The second kappa shape index (κ2) is 8.34.